The highest BCUT2D eigenvalue weighted by Crippen LogP contribution is 2.36. The second kappa shape index (κ2) is 6.45. The first kappa shape index (κ1) is 16.8. The van der Waals surface area contributed by atoms with Crippen LogP contribution in [0.25, 0.3) is 0 Å². The smallest absolute Gasteiger partial charge is 0.449 e. The van der Waals surface area contributed by atoms with E-state index in [0.29, 0.717) is 19.8 Å². The Labute approximate surface area is 133 Å². The van der Waals surface area contributed by atoms with Crippen molar-refractivity contribution in [3.8, 4) is 0 Å². The Hall–Kier alpha value is -1.05. The minimum Gasteiger partial charge on any atom is -0.456 e. The first-order chi connectivity index (χ1) is 10.9. The molecule has 0 saturated carbocycles. The van der Waals surface area contributed by atoms with Crippen molar-refractivity contribution in [1.29, 1.82) is 0 Å². The van der Waals surface area contributed by atoms with Crippen LogP contribution in [0.1, 0.15) is 42.8 Å². The minimum atomic E-state index is -4.46. The normalized spacial score (nSPS) is 25.0. The lowest BCUT2D eigenvalue weighted by Crippen LogP contribution is -2.49. The first-order valence-electron chi connectivity index (χ1n) is 8.00. The van der Waals surface area contributed by atoms with Crippen molar-refractivity contribution in [2.75, 3.05) is 19.8 Å². The molecule has 1 N–H and O–H groups in total. The summed E-state index contributed by atoms with van der Waals surface area (Å²) in [6.07, 6.45) is -1.13. The van der Waals surface area contributed by atoms with E-state index in [1.165, 1.54) is 13.0 Å². The fraction of sp³-hybridized carbons (Fsp3) is 0.750. The van der Waals surface area contributed by atoms with Gasteiger partial charge in [0.25, 0.3) is 0 Å². The molecule has 4 nitrogen and oxygen atoms in total. The molecule has 7 heteroatoms. The molecule has 2 fully saturated rings. The van der Waals surface area contributed by atoms with Crippen molar-refractivity contribution in [1.82, 2.24) is 5.32 Å². The van der Waals surface area contributed by atoms with Crippen LogP contribution < -0.4 is 5.32 Å². The third kappa shape index (κ3) is 3.89. The van der Waals surface area contributed by atoms with Crippen molar-refractivity contribution in [3.05, 3.63) is 23.2 Å². The van der Waals surface area contributed by atoms with Crippen molar-refractivity contribution >= 4 is 0 Å². The third-order valence-electron chi connectivity index (χ3n) is 4.67. The predicted molar refractivity (Wildman–Crippen MR) is 77.0 cm³/mol. The lowest BCUT2D eigenvalue weighted by Gasteiger charge is -2.43. The molecule has 130 valence electrons. The minimum absolute atomic E-state index is 0.151. The molecule has 1 aromatic heterocycles. The summed E-state index contributed by atoms with van der Waals surface area (Å²) in [5.41, 5.74) is -0.00428. The maximum absolute atomic E-state index is 13.0. The van der Waals surface area contributed by atoms with Crippen molar-refractivity contribution < 1.29 is 27.1 Å². The SMILES string of the molecule is Cc1cc(CNC2CCOC3(CCOCC3)C2)c(C(F)(F)F)o1. The van der Waals surface area contributed by atoms with Crippen LogP contribution >= 0.6 is 0 Å². The van der Waals surface area contributed by atoms with E-state index in [1.54, 1.807) is 0 Å². The van der Waals surface area contributed by atoms with E-state index in [0.717, 1.165) is 25.7 Å². The summed E-state index contributed by atoms with van der Waals surface area (Å²) in [6, 6.07) is 1.61. The number of hydrogen-bond donors (Lipinski definition) is 1. The molecule has 0 bridgehead atoms. The number of alkyl halides is 3. The van der Waals surface area contributed by atoms with Crippen LogP contribution in [0.4, 0.5) is 13.2 Å². The van der Waals surface area contributed by atoms with E-state index in [2.05, 4.69) is 5.32 Å². The lowest BCUT2D eigenvalue weighted by atomic mass is 9.84. The number of nitrogens with one attached hydrogen (secondary N) is 1. The topological polar surface area (TPSA) is 43.6 Å². The quantitative estimate of drug-likeness (QED) is 0.920. The Morgan fingerprint density at radius 3 is 2.70 bits per heavy atom. The van der Waals surface area contributed by atoms with Gasteiger partial charge < -0.3 is 19.2 Å². The average molecular weight is 333 g/mol. The average Bonchev–Trinajstić information content (AvgIpc) is 2.87. The Kier molecular flexibility index (Phi) is 4.71. The van der Waals surface area contributed by atoms with E-state index in [-0.39, 0.29) is 29.5 Å². The summed E-state index contributed by atoms with van der Waals surface area (Å²) in [7, 11) is 0. The number of rotatable bonds is 3. The molecule has 0 aromatic carbocycles. The molecular weight excluding hydrogens is 311 g/mol. The number of ether oxygens (including phenoxy) is 2. The van der Waals surface area contributed by atoms with Crippen LogP contribution in [0.3, 0.4) is 0 Å². The molecule has 2 saturated heterocycles. The van der Waals surface area contributed by atoms with Crippen molar-refractivity contribution in [2.24, 2.45) is 0 Å². The van der Waals surface area contributed by atoms with Gasteiger partial charge in [-0.05, 0) is 38.7 Å². The summed E-state index contributed by atoms with van der Waals surface area (Å²) in [4.78, 5) is 0. The zero-order valence-electron chi connectivity index (χ0n) is 13.2. The van der Waals surface area contributed by atoms with E-state index in [4.69, 9.17) is 13.9 Å². The lowest BCUT2D eigenvalue weighted by molar-refractivity contribution is -0.154. The molecule has 1 unspecified atom stereocenters. The number of furan rings is 1. The predicted octanol–water partition coefficient (Wildman–Crippen LogP) is 3.42. The maximum atomic E-state index is 13.0. The number of hydrogen-bond acceptors (Lipinski definition) is 4. The van der Waals surface area contributed by atoms with Crippen molar-refractivity contribution in [2.45, 2.75) is 57.0 Å². The summed E-state index contributed by atoms with van der Waals surface area (Å²) in [5, 5.41) is 3.25. The summed E-state index contributed by atoms with van der Waals surface area (Å²) >= 11 is 0. The number of halogens is 3. The summed E-state index contributed by atoms with van der Waals surface area (Å²) < 4.78 is 55.0. The van der Waals surface area contributed by atoms with Gasteiger partial charge >= 0.3 is 6.18 Å². The molecule has 3 heterocycles. The molecule has 0 radical (unpaired) electrons. The van der Waals surface area contributed by atoms with E-state index in [9.17, 15) is 13.2 Å². The van der Waals surface area contributed by atoms with E-state index in [1.807, 2.05) is 0 Å². The van der Waals surface area contributed by atoms with Gasteiger partial charge in [0.2, 0.25) is 5.76 Å². The Bertz CT molecular complexity index is 530. The monoisotopic (exact) mass is 333 g/mol. The molecule has 1 aromatic rings. The largest absolute Gasteiger partial charge is 0.456 e. The van der Waals surface area contributed by atoms with Crippen LogP contribution in [-0.2, 0) is 22.2 Å². The van der Waals surface area contributed by atoms with Gasteiger partial charge in [-0.25, -0.2) is 0 Å². The van der Waals surface area contributed by atoms with Gasteiger partial charge in [0.15, 0.2) is 0 Å². The highest BCUT2D eigenvalue weighted by molar-refractivity contribution is 5.23. The highest BCUT2D eigenvalue weighted by atomic mass is 19.4. The molecular formula is C16H22F3NO3. The standard InChI is InChI=1S/C16H22F3NO3/c1-11-8-12(14(23-11)16(17,18)19)10-20-13-2-5-22-15(9-13)3-6-21-7-4-15/h8,13,20H,2-7,9-10H2,1H3. The van der Waals surface area contributed by atoms with Crippen LogP contribution in [0, 0.1) is 6.92 Å². The maximum Gasteiger partial charge on any atom is 0.449 e. The van der Waals surface area contributed by atoms with Crippen LogP contribution in [0.15, 0.2) is 10.5 Å². The Balaban J connectivity index is 1.62. The van der Waals surface area contributed by atoms with E-state index < -0.39 is 11.9 Å². The highest BCUT2D eigenvalue weighted by Gasteiger charge is 2.40. The van der Waals surface area contributed by atoms with Gasteiger partial charge in [0, 0.05) is 38.0 Å². The van der Waals surface area contributed by atoms with Gasteiger partial charge in [-0.2, -0.15) is 13.2 Å². The molecule has 2 aliphatic heterocycles. The van der Waals surface area contributed by atoms with Gasteiger partial charge in [-0.15, -0.1) is 0 Å². The van der Waals surface area contributed by atoms with Gasteiger partial charge in [-0.1, -0.05) is 0 Å². The molecule has 0 aliphatic carbocycles. The zero-order valence-corrected chi connectivity index (χ0v) is 13.2. The Morgan fingerprint density at radius 2 is 2.00 bits per heavy atom. The second-order valence-corrected chi connectivity index (χ2v) is 6.42. The fourth-order valence-electron chi connectivity index (χ4n) is 3.49. The molecule has 1 atom stereocenters. The van der Waals surface area contributed by atoms with E-state index >= 15 is 0 Å². The van der Waals surface area contributed by atoms with Gasteiger partial charge in [0.05, 0.1) is 5.60 Å². The van der Waals surface area contributed by atoms with Crippen LogP contribution in [-0.4, -0.2) is 31.5 Å². The number of aryl methyl sites for hydroxylation is 1. The van der Waals surface area contributed by atoms with Crippen LogP contribution in [0.2, 0.25) is 0 Å². The molecule has 3 rings (SSSR count). The van der Waals surface area contributed by atoms with Crippen molar-refractivity contribution in [3.63, 3.8) is 0 Å². The Morgan fingerprint density at radius 1 is 1.26 bits per heavy atom. The summed E-state index contributed by atoms with van der Waals surface area (Å²) in [5.74, 6) is -0.614. The van der Waals surface area contributed by atoms with Crippen LogP contribution in [0.5, 0.6) is 0 Å². The summed E-state index contributed by atoms with van der Waals surface area (Å²) in [6.45, 7) is 3.69. The first-order valence-corrected chi connectivity index (χ1v) is 8.00. The molecule has 0 amide bonds. The molecule has 1 spiro atoms. The molecule has 2 aliphatic rings. The zero-order chi connectivity index (χ0) is 16.5. The van der Waals surface area contributed by atoms with Gasteiger partial charge in [-0.3, -0.25) is 0 Å². The second-order valence-electron chi connectivity index (χ2n) is 6.42. The third-order valence-corrected chi connectivity index (χ3v) is 4.67. The molecule has 23 heavy (non-hydrogen) atoms. The van der Waals surface area contributed by atoms with Gasteiger partial charge in [0.1, 0.15) is 5.76 Å². The fourth-order valence-corrected chi connectivity index (χ4v) is 3.49.